The van der Waals surface area contributed by atoms with Gasteiger partial charge in [0.05, 0.1) is 24.3 Å². The van der Waals surface area contributed by atoms with Gasteiger partial charge in [0.1, 0.15) is 23.7 Å². The van der Waals surface area contributed by atoms with Crippen molar-refractivity contribution in [3.63, 3.8) is 0 Å². The Kier molecular flexibility index (Phi) is 5.86. The second-order valence-electron chi connectivity index (χ2n) is 7.78. The fraction of sp³-hybridized carbons (Fsp3) is 0.292. The van der Waals surface area contributed by atoms with Gasteiger partial charge >= 0.3 is 5.63 Å². The minimum atomic E-state index is -0.379. The molecule has 1 unspecified atom stereocenters. The zero-order chi connectivity index (χ0) is 22.2. The van der Waals surface area contributed by atoms with E-state index in [0.717, 1.165) is 35.4 Å². The van der Waals surface area contributed by atoms with Crippen LogP contribution in [0.4, 0.5) is 0 Å². The van der Waals surface area contributed by atoms with Crippen molar-refractivity contribution in [2.24, 2.45) is 0 Å². The average molecular weight is 474 g/mol. The molecule has 0 N–H and O–H groups in total. The lowest BCUT2D eigenvalue weighted by molar-refractivity contribution is 0.0206. The number of halogens is 2. The molecule has 0 radical (unpaired) electrons. The van der Waals surface area contributed by atoms with Crippen molar-refractivity contribution in [3.8, 4) is 11.5 Å². The summed E-state index contributed by atoms with van der Waals surface area (Å²) < 4.78 is 22.9. The second-order valence-corrected chi connectivity index (χ2v) is 8.63. The van der Waals surface area contributed by atoms with E-state index in [1.807, 2.05) is 31.2 Å². The fourth-order valence-corrected chi connectivity index (χ4v) is 4.75. The van der Waals surface area contributed by atoms with Crippen molar-refractivity contribution < 1.29 is 18.6 Å². The Morgan fingerprint density at radius 3 is 2.78 bits per heavy atom. The van der Waals surface area contributed by atoms with Gasteiger partial charge in [0, 0.05) is 41.2 Å². The van der Waals surface area contributed by atoms with E-state index in [0.29, 0.717) is 40.3 Å². The van der Waals surface area contributed by atoms with Crippen LogP contribution in [0.15, 0.2) is 57.4 Å². The van der Waals surface area contributed by atoms with Crippen LogP contribution in [0, 0.1) is 6.92 Å². The SMILES string of the molecule is Cc1cc(=O)oc2cc(OC/C=C3\Oc4c(Cl)cc(Cl)cc4C3N3CCOCC3)ccc12. The number of aryl methyl sites for hydroxylation is 1. The lowest BCUT2D eigenvalue weighted by Crippen LogP contribution is -2.39. The summed E-state index contributed by atoms with van der Waals surface area (Å²) in [4.78, 5) is 14.0. The van der Waals surface area contributed by atoms with Crippen molar-refractivity contribution >= 4 is 34.2 Å². The van der Waals surface area contributed by atoms with Crippen LogP contribution in [-0.4, -0.2) is 37.8 Å². The fourth-order valence-electron chi connectivity index (χ4n) is 4.20. The van der Waals surface area contributed by atoms with Crippen molar-refractivity contribution in [2.45, 2.75) is 13.0 Å². The average Bonchev–Trinajstić information content (AvgIpc) is 3.12. The van der Waals surface area contributed by atoms with E-state index in [1.165, 1.54) is 6.07 Å². The maximum Gasteiger partial charge on any atom is 0.336 e. The van der Waals surface area contributed by atoms with Crippen LogP contribution in [0.3, 0.4) is 0 Å². The van der Waals surface area contributed by atoms with Crippen LogP contribution in [0.2, 0.25) is 10.0 Å². The molecule has 1 atom stereocenters. The van der Waals surface area contributed by atoms with Crippen LogP contribution in [0.1, 0.15) is 17.2 Å². The predicted octanol–water partition coefficient (Wildman–Crippen LogP) is 5.14. The quantitative estimate of drug-likeness (QED) is 0.489. The smallest absolute Gasteiger partial charge is 0.336 e. The molecule has 0 aliphatic carbocycles. The predicted molar refractivity (Wildman–Crippen MR) is 123 cm³/mol. The van der Waals surface area contributed by atoms with Crippen LogP contribution in [0.25, 0.3) is 11.0 Å². The number of nitrogens with zero attached hydrogens (tertiary/aromatic N) is 1. The highest BCUT2D eigenvalue weighted by molar-refractivity contribution is 6.35. The van der Waals surface area contributed by atoms with Gasteiger partial charge in [-0.1, -0.05) is 23.2 Å². The summed E-state index contributed by atoms with van der Waals surface area (Å²) in [5.41, 5.74) is 1.93. The third-order valence-corrected chi connectivity index (χ3v) is 6.19. The van der Waals surface area contributed by atoms with Crippen molar-refractivity contribution in [1.82, 2.24) is 4.90 Å². The van der Waals surface area contributed by atoms with E-state index in [1.54, 1.807) is 12.1 Å². The molecule has 166 valence electrons. The Morgan fingerprint density at radius 2 is 1.97 bits per heavy atom. The molecule has 32 heavy (non-hydrogen) atoms. The summed E-state index contributed by atoms with van der Waals surface area (Å²) in [6, 6.07) is 10.4. The topological polar surface area (TPSA) is 61.1 Å². The van der Waals surface area contributed by atoms with E-state index in [-0.39, 0.29) is 18.3 Å². The van der Waals surface area contributed by atoms with Crippen LogP contribution in [0.5, 0.6) is 11.5 Å². The lowest BCUT2D eigenvalue weighted by atomic mass is 10.0. The number of benzene rings is 2. The maximum atomic E-state index is 11.7. The molecule has 3 heterocycles. The van der Waals surface area contributed by atoms with E-state index >= 15 is 0 Å². The van der Waals surface area contributed by atoms with Gasteiger partial charge in [0.15, 0.2) is 5.75 Å². The molecule has 0 bridgehead atoms. The van der Waals surface area contributed by atoms with E-state index in [4.69, 9.17) is 41.8 Å². The highest BCUT2D eigenvalue weighted by Gasteiger charge is 2.36. The zero-order valence-corrected chi connectivity index (χ0v) is 18.9. The Bertz CT molecular complexity index is 1260. The molecule has 0 spiro atoms. The number of rotatable bonds is 4. The monoisotopic (exact) mass is 473 g/mol. The summed E-state index contributed by atoms with van der Waals surface area (Å²) in [5.74, 6) is 1.97. The Morgan fingerprint density at radius 1 is 1.16 bits per heavy atom. The molecule has 8 heteroatoms. The third kappa shape index (κ3) is 4.11. The Balaban J connectivity index is 1.40. The first-order chi connectivity index (χ1) is 15.5. The van der Waals surface area contributed by atoms with Gasteiger partial charge < -0.3 is 18.6 Å². The van der Waals surface area contributed by atoms with Gasteiger partial charge in [-0.25, -0.2) is 4.79 Å². The molecule has 3 aromatic rings. The van der Waals surface area contributed by atoms with E-state index in [9.17, 15) is 4.79 Å². The summed E-state index contributed by atoms with van der Waals surface area (Å²) in [6.07, 6.45) is 1.90. The number of hydrogen-bond donors (Lipinski definition) is 0. The summed E-state index contributed by atoms with van der Waals surface area (Å²) in [7, 11) is 0. The lowest BCUT2D eigenvalue weighted by Gasteiger charge is -2.32. The summed E-state index contributed by atoms with van der Waals surface area (Å²) in [6.45, 7) is 5.02. The number of morpholine rings is 1. The van der Waals surface area contributed by atoms with Crippen molar-refractivity contribution in [1.29, 1.82) is 0 Å². The molecule has 1 aromatic heterocycles. The zero-order valence-electron chi connectivity index (χ0n) is 17.4. The van der Waals surface area contributed by atoms with Gasteiger partial charge in [-0.15, -0.1) is 0 Å². The highest BCUT2D eigenvalue weighted by Crippen LogP contribution is 2.47. The van der Waals surface area contributed by atoms with Crippen molar-refractivity contribution in [2.75, 3.05) is 32.9 Å². The largest absolute Gasteiger partial charge is 0.489 e. The van der Waals surface area contributed by atoms with Gasteiger partial charge in [-0.2, -0.15) is 0 Å². The molecule has 1 saturated heterocycles. The molecule has 2 aliphatic rings. The van der Waals surface area contributed by atoms with E-state index in [2.05, 4.69) is 4.90 Å². The number of ether oxygens (including phenoxy) is 3. The molecule has 2 aliphatic heterocycles. The summed E-state index contributed by atoms with van der Waals surface area (Å²) >= 11 is 12.7. The van der Waals surface area contributed by atoms with Crippen LogP contribution < -0.4 is 15.1 Å². The van der Waals surface area contributed by atoms with Gasteiger partial charge in [0.2, 0.25) is 0 Å². The van der Waals surface area contributed by atoms with Gasteiger partial charge in [-0.3, -0.25) is 4.90 Å². The first-order valence-electron chi connectivity index (χ1n) is 10.4. The molecule has 0 saturated carbocycles. The van der Waals surface area contributed by atoms with Crippen LogP contribution in [-0.2, 0) is 4.74 Å². The number of fused-ring (bicyclic) bond motifs is 2. The Labute approximate surface area is 194 Å². The Hall–Kier alpha value is -2.51. The second kappa shape index (κ2) is 8.79. The molecule has 6 nitrogen and oxygen atoms in total. The van der Waals surface area contributed by atoms with Gasteiger partial charge in [0.25, 0.3) is 0 Å². The first-order valence-corrected chi connectivity index (χ1v) is 11.1. The van der Waals surface area contributed by atoms with Gasteiger partial charge in [-0.05, 0) is 42.8 Å². The molecule has 5 rings (SSSR count). The van der Waals surface area contributed by atoms with Crippen molar-refractivity contribution in [3.05, 3.63) is 79.8 Å². The summed E-state index contributed by atoms with van der Waals surface area (Å²) in [5, 5.41) is 1.93. The maximum absolute atomic E-state index is 11.7. The third-order valence-electron chi connectivity index (χ3n) is 5.69. The van der Waals surface area contributed by atoms with E-state index < -0.39 is 0 Å². The highest BCUT2D eigenvalue weighted by atomic mass is 35.5. The molecule has 2 aromatic carbocycles. The molecular weight excluding hydrogens is 453 g/mol. The molecule has 0 amide bonds. The first kappa shape index (κ1) is 21.3. The minimum absolute atomic E-state index is 0.106. The molecular formula is C24H21Cl2NO5. The number of hydrogen-bond acceptors (Lipinski definition) is 6. The minimum Gasteiger partial charge on any atom is -0.489 e. The normalized spacial score (nSPS) is 19.8. The standard InChI is InChI=1S/C24H21Cl2NO5/c1-14-10-22(28)31-21-13-16(2-3-17(14)21)30-7-4-20-23(27-5-8-29-9-6-27)18-11-15(25)12-19(26)24(18)32-20/h2-4,10-13,23H,5-9H2,1H3/b20-4-. The van der Waals surface area contributed by atoms with Crippen LogP contribution >= 0.6 is 23.2 Å². The molecule has 1 fully saturated rings.